The second-order valence-corrected chi connectivity index (χ2v) is 8.72. The minimum Gasteiger partial charge on any atom is -0.497 e. The Morgan fingerprint density at radius 1 is 0.968 bits per heavy atom. The van der Waals surface area contributed by atoms with E-state index in [1.54, 1.807) is 48.5 Å². The lowest BCUT2D eigenvalue weighted by molar-refractivity contribution is -0.114. The van der Waals surface area contributed by atoms with Gasteiger partial charge in [0.05, 0.1) is 24.8 Å². The van der Waals surface area contributed by atoms with Gasteiger partial charge in [-0.3, -0.25) is 9.10 Å². The first-order valence-electron chi connectivity index (χ1n) is 9.20. The van der Waals surface area contributed by atoms with Gasteiger partial charge < -0.3 is 14.8 Å². The molecule has 0 aromatic heterocycles. The molecule has 0 unspecified atom stereocenters. The summed E-state index contributed by atoms with van der Waals surface area (Å²) in [4.78, 5) is 12.8. The van der Waals surface area contributed by atoms with Crippen LogP contribution >= 0.6 is 11.6 Å². The number of rotatable bonds is 8. The molecule has 162 valence electrons. The van der Waals surface area contributed by atoms with Gasteiger partial charge in [-0.25, -0.2) is 8.42 Å². The summed E-state index contributed by atoms with van der Waals surface area (Å²) in [6.07, 6.45) is 0. The minimum absolute atomic E-state index is 0.00279. The molecule has 0 radical (unpaired) electrons. The van der Waals surface area contributed by atoms with E-state index in [2.05, 4.69) is 5.32 Å². The smallest absolute Gasteiger partial charge is 0.264 e. The molecule has 1 amide bonds. The minimum atomic E-state index is -4.09. The number of nitrogens with one attached hydrogen (secondary N) is 1. The molecular weight excluding hydrogens is 440 g/mol. The van der Waals surface area contributed by atoms with Crippen molar-refractivity contribution in [2.75, 3.05) is 30.4 Å². The van der Waals surface area contributed by atoms with Gasteiger partial charge in [0.1, 0.15) is 18.0 Å². The molecule has 31 heavy (non-hydrogen) atoms. The van der Waals surface area contributed by atoms with Gasteiger partial charge in [-0.05, 0) is 48.5 Å². The third-order valence-electron chi connectivity index (χ3n) is 4.40. The van der Waals surface area contributed by atoms with Gasteiger partial charge in [0, 0.05) is 16.8 Å². The number of nitrogens with zero attached hydrogens (tertiary/aromatic N) is 1. The number of para-hydroxylation sites is 2. The maximum absolute atomic E-state index is 13.4. The number of anilines is 2. The number of sulfonamides is 1. The van der Waals surface area contributed by atoms with Crippen molar-refractivity contribution < 1.29 is 22.7 Å². The number of carbonyl (C=O) groups is 1. The first-order chi connectivity index (χ1) is 14.8. The van der Waals surface area contributed by atoms with E-state index >= 15 is 0 Å². The standard InChI is InChI=1S/C22H21ClN2O5S/c1-29-18-7-5-6-17(14-18)24-22(26)15-25(20-8-3-4-9-21(20)30-2)31(27,28)19-12-10-16(23)11-13-19/h3-14H,15H2,1-2H3,(H,24,26). The van der Waals surface area contributed by atoms with Crippen LogP contribution in [-0.4, -0.2) is 35.1 Å². The highest BCUT2D eigenvalue weighted by Gasteiger charge is 2.29. The number of amides is 1. The van der Waals surface area contributed by atoms with Crippen LogP contribution in [-0.2, 0) is 14.8 Å². The van der Waals surface area contributed by atoms with Crippen LogP contribution in [0.2, 0.25) is 5.02 Å². The van der Waals surface area contributed by atoms with E-state index in [1.165, 1.54) is 38.5 Å². The number of hydrogen-bond acceptors (Lipinski definition) is 5. The molecule has 0 spiro atoms. The fourth-order valence-corrected chi connectivity index (χ4v) is 4.46. The third-order valence-corrected chi connectivity index (χ3v) is 6.42. The Kier molecular flexibility index (Phi) is 7.04. The zero-order valence-corrected chi connectivity index (χ0v) is 18.5. The van der Waals surface area contributed by atoms with Crippen LogP contribution in [0.25, 0.3) is 0 Å². The van der Waals surface area contributed by atoms with Crippen molar-refractivity contribution in [3.8, 4) is 11.5 Å². The summed E-state index contributed by atoms with van der Waals surface area (Å²) in [7, 11) is -1.14. The van der Waals surface area contributed by atoms with Gasteiger partial charge in [-0.2, -0.15) is 0 Å². The number of carbonyl (C=O) groups excluding carboxylic acids is 1. The number of halogens is 1. The molecule has 3 rings (SSSR count). The van der Waals surface area contributed by atoms with Gasteiger partial charge >= 0.3 is 0 Å². The van der Waals surface area contributed by atoms with Crippen LogP contribution in [0, 0.1) is 0 Å². The Balaban J connectivity index is 1.97. The van der Waals surface area contributed by atoms with Crippen LogP contribution in [0.3, 0.4) is 0 Å². The molecule has 3 aromatic carbocycles. The Morgan fingerprint density at radius 2 is 1.68 bits per heavy atom. The van der Waals surface area contributed by atoms with Gasteiger partial charge in [0.15, 0.2) is 0 Å². The Bertz CT molecular complexity index is 1170. The summed E-state index contributed by atoms with van der Waals surface area (Å²) in [5.41, 5.74) is 0.717. The van der Waals surface area contributed by atoms with E-state index in [1.807, 2.05) is 0 Å². The summed E-state index contributed by atoms with van der Waals surface area (Å²) in [5.74, 6) is 0.346. The zero-order valence-electron chi connectivity index (χ0n) is 16.9. The summed E-state index contributed by atoms with van der Waals surface area (Å²) >= 11 is 5.90. The number of ether oxygens (including phenoxy) is 2. The second kappa shape index (κ2) is 9.72. The number of hydrogen-bond donors (Lipinski definition) is 1. The van der Waals surface area contributed by atoms with E-state index in [-0.39, 0.29) is 10.6 Å². The fourth-order valence-electron chi connectivity index (χ4n) is 2.90. The van der Waals surface area contributed by atoms with E-state index in [9.17, 15) is 13.2 Å². The molecule has 0 heterocycles. The van der Waals surface area contributed by atoms with Crippen molar-refractivity contribution in [1.29, 1.82) is 0 Å². The summed E-state index contributed by atoms with van der Waals surface area (Å²) in [6.45, 7) is -0.470. The normalized spacial score (nSPS) is 10.9. The van der Waals surface area contributed by atoms with Crippen molar-refractivity contribution in [3.05, 3.63) is 77.8 Å². The molecule has 9 heteroatoms. The predicted octanol–water partition coefficient (Wildman–Crippen LogP) is 4.19. The molecule has 0 aliphatic rings. The molecule has 0 atom stereocenters. The van der Waals surface area contributed by atoms with Crippen molar-refractivity contribution in [3.63, 3.8) is 0 Å². The van der Waals surface area contributed by atoms with Crippen molar-refractivity contribution in [2.45, 2.75) is 4.90 Å². The average molecular weight is 461 g/mol. The quantitative estimate of drug-likeness (QED) is 0.544. The molecule has 0 saturated heterocycles. The van der Waals surface area contributed by atoms with Crippen LogP contribution < -0.4 is 19.1 Å². The monoisotopic (exact) mass is 460 g/mol. The molecule has 0 aliphatic carbocycles. The maximum Gasteiger partial charge on any atom is 0.264 e. The Labute approximate surface area is 186 Å². The molecule has 0 bridgehead atoms. The highest BCUT2D eigenvalue weighted by molar-refractivity contribution is 7.92. The molecule has 0 saturated carbocycles. The molecule has 7 nitrogen and oxygen atoms in total. The van der Waals surface area contributed by atoms with Crippen molar-refractivity contribution >= 4 is 38.9 Å². The molecule has 1 N–H and O–H groups in total. The molecule has 0 aliphatic heterocycles. The summed E-state index contributed by atoms with van der Waals surface area (Å²) in [6, 6.07) is 19.1. The van der Waals surface area contributed by atoms with Crippen LogP contribution in [0.15, 0.2) is 77.7 Å². The summed E-state index contributed by atoms with van der Waals surface area (Å²) in [5, 5.41) is 3.10. The highest BCUT2D eigenvalue weighted by Crippen LogP contribution is 2.32. The van der Waals surface area contributed by atoms with Gasteiger partial charge in [0.25, 0.3) is 10.0 Å². The fraction of sp³-hybridized carbons (Fsp3) is 0.136. The van der Waals surface area contributed by atoms with E-state index in [0.717, 1.165) is 4.31 Å². The lowest BCUT2D eigenvalue weighted by atomic mass is 10.3. The second-order valence-electron chi connectivity index (χ2n) is 6.42. The average Bonchev–Trinajstić information content (AvgIpc) is 2.77. The molecular formula is C22H21ClN2O5S. The number of benzene rings is 3. The van der Waals surface area contributed by atoms with Crippen LogP contribution in [0.1, 0.15) is 0 Å². The summed E-state index contributed by atoms with van der Waals surface area (Å²) < 4.78 is 38.3. The molecule has 0 fully saturated rings. The van der Waals surface area contributed by atoms with E-state index < -0.39 is 22.5 Å². The van der Waals surface area contributed by atoms with Gasteiger partial charge in [-0.1, -0.05) is 29.8 Å². The highest BCUT2D eigenvalue weighted by atomic mass is 35.5. The third kappa shape index (κ3) is 5.28. The van der Waals surface area contributed by atoms with Crippen LogP contribution in [0.4, 0.5) is 11.4 Å². The lowest BCUT2D eigenvalue weighted by Crippen LogP contribution is -2.38. The maximum atomic E-state index is 13.4. The van der Waals surface area contributed by atoms with Gasteiger partial charge in [0.2, 0.25) is 5.91 Å². The zero-order chi connectivity index (χ0) is 22.4. The van der Waals surface area contributed by atoms with Gasteiger partial charge in [-0.15, -0.1) is 0 Å². The Hall–Kier alpha value is -3.23. The van der Waals surface area contributed by atoms with Crippen molar-refractivity contribution in [2.24, 2.45) is 0 Å². The SMILES string of the molecule is COc1cccc(NC(=O)CN(c2ccccc2OC)S(=O)(=O)c2ccc(Cl)cc2)c1. The molecule has 3 aromatic rings. The van der Waals surface area contributed by atoms with Crippen LogP contribution in [0.5, 0.6) is 11.5 Å². The number of methoxy groups -OCH3 is 2. The largest absolute Gasteiger partial charge is 0.497 e. The van der Waals surface area contributed by atoms with E-state index in [4.69, 9.17) is 21.1 Å². The Morgan fingerprint density at radius 3 is 2.35 bits per heavy atom. The van der Waals surface area contributed by atoms with Crippen molar-refractivity contribution in [1.82, 2.24) is 0 Å². The predicted molar refractivity (Wildman–Crippen MR) is 121 cm³/mol. The van der Waals surface area contributed by atoms with E-state index in [0.29, 0.717) is 22.2 Å². The topological polar surface area (TPSA) is 84.9 Å². The first kappa shape index (κ1) is 22.5. The lowest BCUT2D eigenvalue weighted by Gasteiger charge is -2.25. The first-order valence-corrected chi connectivity index (χ1v) is 11.0.